The summed E-state index contributed by atoms with van der Waals surface area (Å²) >= 11 is 0. The molecule has 2 aromatic rings. The van der Waals surface area contributed by atoms with Crippen LogP contribution in [0.15, 0.2) is 24.4 Å². The van der Waals surface area contributed by atoms with Gasteiger partial charge in [0, 0.05) is 23.1 Å². The number of carboxylic acid groups (broad SMARTS) is 1. The first-order chi connectivity index (χ1) is 8.50. The second-order valence-electron chi connectivity index (χ2n) is 4.37. The van der Waals surface area contributed by atoms with E-state index in [1.165, 1.54) is 0 Å². The molecule has 1 aromatic heterocycles. The minimum atomic E-state index is -0.866. The number of rotatable bonds is 2. The number of aryl methyl sites for hydroxylation is 1. The summed E-state index contributed by atoms with van der Waals surface area (Å²) in [5, 5.41) is 9.96. The van der Waals surface area contributed by atoms with Crippen molar-refractivity contribution in [2.45, 2.75) is 40.7 Å². The van der Waals surface area contributed by atoms with Crippen molar-refractivity contribution in [2.75, 3.05) is 0 Å². The van der Waals surface area contributed by atoms with E-state index >= 15 is 0 Å². The van der Waals surface area contributed by atoms with Crippen molar-refractivity contribution in [1.82, 2.24) is 4.57 Å². The first-order valence-electron chi connectivity index (χ1n) is 6.35. The topological polar surface area (TPSA) is 42.2 Å². The molecule has 0 aliphatic heterocycles. The Morgan fingerprint density at radius 2 is 1.89 bits per heavy atom. The molecule has 18 heavy (non-hydrogen) atoms. The SMILES string of the molecule is CC.Cc1cc(C(=O)O)c2ccn(C(C)C)c2c1. The minimum Gasteiger partial charge on any atom is -0.478 e. The van der Waals surface area contributed by atoms with E-state index in [1.54, 1.807) is 6.07 Å². The third-order valence-electron chi connectivity index (χ3n) is 2.77. The number of benzene rings is 1. The molecule has 1 heterocycles. The average molecular weight is 247 g/mol. The van der Waals surface area contributed by atoms with Gasteiger partial charge in [-0.05, 0) is 44.5 Å². The van der Waals surface area contributed by atoms with Gasteiger partial charge in [0.1, 0.15) is 0 Å². The molecule has 3 heteroatoms. The zero-order valence-electron chi connectivity index (χ0n) is 11.7. The largest absolute Gasteiger partial charge is 0.478 e. The van der Waals surface area contributed by atoms with Crippen molar-refractivity contribution in [3.05, 3.63) is 35.5 Å². The van der Waals surface area contributed by atoms with Gasteiger partial charge in [-0.3, -0.25) is 0 Å². The van der Waals surface area contributed by atoms with Crippen molar-refractivity contribution in [2.24, 2.45) is 0 Å². The molecule has 0 unspecified atom stereocenters. The first kappa shape index (κ1) is 14.3. The second kappa shape index (κ2) is 5.71. The average Bonchev–Trinajstić information content (AvgIpc) is 2.73. The van der Waals surface area contributed by atoms with Gasteiger partial charge in [0.15, 0.2) is 0 Å². The second-order valence-corrected chi connectivity index (χ2v) is 4.37. The van der Waals surface area contributed by atoms with Crippen LogP contribution >= 0.6 is 0 Å². The van der Waals surface area contributed by atoms with Gasteiger partial charge in [-0.2, -0.15) is 0 Å². The molecule has 0 bridgehead atoms. The molecule has 2 rings (SSSR count). The zero-order valence-corrected chi connectivity index (χ0v) is 11.7. The van der Waals surface area contributed by atoms with E-state index in [0.29, 0.717) is 11.6 Å². The van der Waals surface area contributed by atoms with Crippen LogP contribution < -0.4 is 0 Å². The molecule has 0 aliphatic carbocycles. The quantitative estimate of drug-likeness (QED) is 0.861. The summed E-state index contributed by atoms with van der Waals surface area (Å²) in [6.45, 7) is 10.1. The standard InChI is InChI=1S/C13H15NO2.C2H6/c1-8(2)14-5-4-10-11(13(15)16)6-9(3)7-12(10)14;1-2/h4-8H,1-3H3,(H,15,16);1-2H3. The summed E-state index contributed by atoms with van der Waals surface area (Å²) in [6, 6.07) is 5.95. The van der Waals surface area contributed by atoms with E-state index in [9.17, 15) is 4.79 Å². The summed E-state index contributed by atoms with van der Waals surface area (Å²) in [5.74, 6) is -0.866. The molecule has 0 spiro atoms. The van der Waals surface area contributed by atoms with Crippen molar-refractivity contribution < 1.29 is 9.90 Å². The summed E-state index contributed by atoms with van der Waals surface area (Å²) < 4.78 is 2.09. The molecule has 0 aliphatic rings. The molecule has 0 saturated carbocycles. The van der Waals surface area contributed by atoms with Crippen LogP contribution in [0, 0.1) is 6.92 Å². The molecule has 1 aromatic carbocycles. The van der Waals surface area contributed by atoms with E-state index in [1.807, 2.05) is 39.1 Å². The van der Waals surface area contributed by atoms with Crippen LogP contribution in [-0.2, 0) is 0 Å². The Balaban J connectivity index is 0.000000771. The number of hydrogen-bond acceptors (Lipinski definition) is 1. The van der Waals surface area contributed by atoms with Crippen molar-refractivity contribution in [3.8, 4) is 0 Å². The lowest BCUT2D eigenvalue weighted by molar-refractivity contribution is 0.0699. The van der Waals surface area contributed by atoms with Crippen LogP contribution in [0.2, 0.25) is 0 Å². The molecule has 0 amide bonds. The zero-order chi connectivity index (χ0) is 13.9. The number of carbonyl (C=O) groups is 1. The maximum Gasteiger partial charge on any atom is 0.336 e. The Morgan fingerprint density at radius 1 is 1.28 bits per heavy atom. The monoisotopic (exact) mass is 247 g/mol. The predicted molar refractivity (Wildman–Crippen MR) is 75.4 cm³/mol. The predicted octanol–water partition coefficient (Wildman–Crippen LogP) is 4.26. The van der Waals surface area contributed by atoms with E-state index in [2.05, 4.69) is 18.4 Å². The maximum absolute atomic E-state index is 11.1. The van der Waals surface area contributed by atoms with E-state index in [-0.39, 0.29) is 0 Å². The Bertz CT molecular complexity index is 553. The summed E-state index contributed by atoms with van der Waals surface area (Å²) in [5.41, 5.74) is 2.35. The van der Waals surface area contributed by atoms with Gasteiger partial charge in [0.2, 0.25) is 0 Å². The lowest BCUT2D eigenvalue weighted by Crippen LogP contribution is -2.01. The van der Waals surface area contributed by atoms with Gasteiger partial charge in [-0.25, -0.2) is 4.79 Å². The fourth-order valence-corrected chi connectivity index (χ4v) is 2.03. The Labute approximate surface area is 108 Å². The van der Waals surface area contributed by atoms with Gasteiger partial charge in [-0.15, -0.1) is 0 Å². The highest BCUT2D eigenvalue weighted by molar-refractivity contribution is 6.03. The van der Waals surface area contributed by atoms with Crippen LogP contribution in [-0.4, -0.2) is 15.6 Å². The highest BCUT2D eigenvalue weighted by Crippen LogP contribution is 2.25. The third kappa shape index (κ3) is 2.55. The number of hydrogen-bond donors (Lipinski definition) is 1. The van der Waals surface area contributed by atoms with Crippen LogP contribution in [0.5, 0.6) is 0 Å². The Hall–Kier alpha value is -1.77. The fraction of sp³-hybridized carbons (Fsp3) is 0.400. The summed E-state index contributed by atoms with van der Waals surface area (Å²) in [6.07, 6.45) is 1.95. The summed E-state index contributed by atoms with van der Waals surface area (Å²) in [7, 11) is 0. The van der Waals surface area contributed by atoms with Gasteiger partial charge in [-0.1, -0.05) is 13.8 Å². The van der Waals surface area contributed by atoms with Gasteiger partial charge >= 0.3 is 5.97 Å². The van der Waals surface area contributed by atoms with E-state index < -0.39 is 5.97 Å². The van der Waals surface area contributed by atoms with Crippen molar-refractivity contribution >= 4 is 16.9 Å². The van der Waals surface area contributed by atoms with Gasteiger partial charge in [0.25, 0.3) is 0 Å². The number of aromatic nitrogens is 1. The maximum atomic E-state index is 11.1. The molecule has 0 radical (unpaired) electrons. The lowest BCUT2D eigenvalue weighted by Gasteiger charge is -2.10. The first-order valence-corrected chi connectivity index (χ1v) is 6.35. The third-order valence-corrected chi connectivity index (χ3v) is 2.77. The van der Waals surface area contributed by atoms with Crippen molar-refractivity contribution in [3.63, 3.8) is 0 Å². The normalized spacial score (nSPS) is 10.3. The van der Waals surface area contributed by atoms with Crippen molar-refractivity contribution in [1.29, 1.82) is 0 Å². The number of fused-ring (bicyclic) bond motifs is 1. The number of aromatic carboxylic acids is 1. The molecule has 1 N–H and O–H groups in total. The van der Waals surface area contributed by atoms with Crippen LogP contribution in [0.4, 0.5) is 0 Å². The smallest absolute Gasteiger partial charge is 0.336 e. The molecule has 3 nitrogen and oxygen atoms in total. The molecule has 0 fully saturated rings. The van der Waals surface area contributed by atoms with Crippen LogP contribution in [0.1, 0.15) is 49.7 Å². The van der Waals surface area contributed by atoms with Gasteiger partial charge < -0.3 is 9.67 Å². The van der Waals surface area contributed by atoms with Crippen LogP contribution in [0.25, 0.3) is 10.9 Å². The fourth-order valence-electron chi connectivity index (χ4n) is 2.03. The Morgan fingerprint density at radius 3 is 2.39 bits per heavy atom. The number of carboxylic acids is 1. The van der Waals surface area contributed by atoms with Crippen LogP contribution in [0.3, 0.4) is 0 Å². The molecule has 98 valence electrons. The highest BCUT2D eigenvalue weighted by Gasteiger charge is 2.13. The molecular weight excluding hydrogens is 226 g/mol. The minimum absolute atomic E-state index is 0.334. The van der Waals surface area contributed by atoms with Gasteiger partial charge in [0.05, 0.1) is 5.56 Å². The van der Waals surface area contributed by atoms with E-state index in [0.717, 1.165) is 16.5 Å². The molecule has 0 atom stereocenters. The summed E-state index contributed by atoms with van der Waals surface area (Å²) in [4.78, 5) is 11.1. The number of nitrogens with zero attached hydrogens (tertiary/aromatic N) is 1. The Kier molecular flexibility index (Phi) is 4.54. The molecule has 0 saturated heterocycles. The lowest BCUT2D eigenvalue weighted by atomic mass is 10.1. The van der Waals surface area contributed by atoms with E-state index in [4.69, 9.17) is 5.11 Å². The molecular formula is C15H21NO2. The highest BCUT2D eigenvalue weighted by atomic mass is 16.4.